The first-order valence-electron chi connectivity index (χ1n) is 6.31. The highest BCUT2D eigenvalue weighted by Gasteiger charge is 2.31. The number of hydrogen-bond donors (Lipinski definition) is 1. The van der Waals surface area contributed by atoms with Crippen LogP contribution in [-0.4, -0.2) is 25.8 Å². The van der Waals surface area contributed by atoms with Gasteiger partial charge in [-0.15, -0.1) is 0 Å². The van der Waals surface area contributed by atoms with Gasteiger partial charge in [-0.2, -0.15) is 4.31 Å². The average Bonchev–Trinajstić information content (AvgIpc) is 3.08. The molecular weight excluding hydrogens is 248 g/mol. The second-order valence-corrected chi connectivity index (χ2v) is 6.85. The van der Waals surface area contributed by atoms with Crippen LogP contribution in [0.1, 0.15) is 25.3 Å². The molecular formula is C13H20N2O2S. The molecule has 0 saturated heterocycles. The Labute approximate surface area is 109 Å². The first-order chi connectivity index (χ1) is 8.45. The molecule has 100 valence electrons. The Bertz CT molecular complexity index is 536. The molecule has 1 aromatic rings. The topological polar surface area (TPSA) is 63.4 Å². The Kier molecular flexibility index (Phi) is 3.64. The molecule has 0 amide bonds. The fraction of sp³-hybridized carbons (Fsp3) is 0.538. The van der Waals surface area contributed by atoms with Crippen LogP contribution in [0.4, 0.5) is 5.69 Å². The molecule has 5 heteroatoms. The zero-order chi connectivity index (χ0) is 13.3. The van der Waals surface area contributed by atoms with Crippen LogP contribution < -0.4 is 5.73 Å². The fourth-order valence-electron chi connectivity index (χ4n) is 2.03. The van der Waals surface area contributed by atoms with Crippen LogP contribution in [0.25, 0.3) is 0 Å². The molecule has 0 aliphatic heterocycles. The van der Waals surface area contributed by atoms with E-state index in [1.54, 1.807) is 18.2 Å². The van der Waals surface area contributed by atoms with E-state index in [2.05, 4.69) is 0 Å². The SMILES string of the molecule is CCN(CC1CC1)S(=O)(=O)c1ccc(C)cc1N. The summed E-state index contributed by atoms with van der Waals surface area (Å²) in [5, 5.41) is 0. The average molecular weight is 268 g/mol. The van der Waals surface area contributed by atoms with E-state index in [0.29, 0.717) is 24.7 Å². The van der Waals surface area contributed by atoms with Crippen LogP contribution in [0.5, 0.6) is 0 Å². The Morgan fingerprint density at radius 1 is 1.39 bits per heavy atom. The van der Waals surface area contributed by atoms with Gasteiger partial charge < -0.3 is 5.73 Å². The van der Waals surface area contributed by atoms with Gasteiger partial charge in [0.2, 0.25) is 10.0 Å². The Morgan fingerprint density at radius 3 is 2.56 bits per heavy atom. The minimum Gasteiger partial charge on any atom is -0.398 e. The molecule has 0 aromatic heterocycles. The second-order valence-electron chi connectivity index (χ2n) is 4.94. The third-order valence-corrected chi connectivity index (χ3v) is 5.31. The number of anilines is 1. The van der Waals surface area contributed by atoms with Crippen molar-refractivity contribution in [2.24, 2.45) is 5.92 Å². The number of nitrogens with two attached hydrogens (primary N) is 1. The van der Waals surface area contributed by atoms with Crippen LogP contribution >= 0.6 is 0 Å². The molecule has 1 saturated carbocycles. The van der Waals surface area contributed by atoms with E-state index in [-0.39, 0.29) is 4.90 Å². The van der Waals surface area contributed by atoms with Crippen molar-refractivity contribution in [3.63, 3.8) is 0 Å². The smallest absolute Gasteiger partial charge is 0.245 e. The van der Waals surface area contributed by atoms with Crippen molar-refractivity contribution in [1.29, 1.82) is 0 Å². The summed E-state index contributed by atoms with van der Waals surface area (Å²) in [6.45, 7) is 4.87. The molecule has 1 aliphatic rings. The van der Waals surface area contributed by atoms with Gasteiger partial charge in [0, 0.05) is 13.1 Å². The first-order valence-corrected chi connectivity index (χ1v) is 7.75. The van der Waals surface area contributed by atoms with E-state index in [0.717, 1.165) is 18.4 Å². The first kappa shape index (κ1) is 13.4. The number of benzene rings is 1. The maximum absolute atomic E-state index is 12.5. The second kappa shape index (κ2) is 4.90. The van der Waals surface area contributed by atoms with Crippen LogP contribution in [0, 0.1) is 12.8 Å². The highest BCUT2D eigenvalue weighted by Crippen LogP contribution is 2.32. The number of rotatable bonds is 5. The van der Waals surface area contributed by atoms with Crippen molar-refractivity contribution in [3.05, 3.63) is 23.8 Å². The van der Waals surface area contributed by atoms with Crippen molar-refractivity contribution in [3.8, 4) is 0 Å². The maximum Gasteiger partial charge on any atom is 0.245 e. The highest BCUT2D eigenvalue weighted by atomic mass is 32.2. The molecule has 4 nitrogen and oxygen atoms in total. The molecule has 2 N–H and O–H groups in total. The van der Waals surface area contributed by atoms with E-state index in [1.807, 2.05) is 13.8 Å². The van der Waals surface area contributed by atoms with E-state index in [4.69, 9.17) is 5.73 Å². The largest absolute Gasteiger partial charge is 0.398 e. The summed E-state index contributed by atoms with van der Waals surface area (Å²) in [7, 11) is -3.45. The van der Waals surface area contributed by atoms with Gasteiger partial charge in [0.1, 0.15) is 4.90 Å². The molecule has 1 fully saturated rings. The summed E-state index contributed by atoms with van der Waals surface area (Å²) in [4.78, 5) is 0.232. The van der Waals surface area contributed by atoms with E-state index in [9.17, 15) is 8.42 Å². The normalized spacial score (nSPS) is 16.2. The number of hydrogen-bond acceptors (Lipinski definition) is 3. The van der Waals surface area contributed by atoms with E-state index >= 15 is 0 Å². The van der Waals surface area contributed by atoms with Gasteiger partial charge in [-0.05, 0) is 43.4 Å². The number of nitrogens with zero attached hydrogens (tertiary/aromatic N) is 1. The lowest BCUT2D eigenvalue weighted by Crippen LogP contribution is -2.33. The highest BCUT2D eigenvalue weighted by molar-refractivity contribution is 7.89. The van der Waals surface area contributed by atoms with Crippen LogP contribution in [0.3, 0.4) is 0 Å². The molecule has 0 radical (unpaired) electrons. The fourth-order valence-corrected chi connectivity index (χ4v) is 3.65. The van der Waals surface area contributed by atoms with Crippen molar-refractivity contribution in [2.45, 2.75) is 31.6 Å². The lowest BCUT2D eigenvalue weighted by atomic mass is 10.2. The molecule has 1 aromatic carbocycles. The molecule has 1 aliphatic carbocycles. The number of nitrogen functional groups attached to an aromatic ring is 1. The summed E-state index contributed by atoms with van der Waals surface area (Å²) in [5.74, 6) is 0.534. The molecule has 0 unspecified atom stereocenters. The van der Waals surface area contributed by atoms with Gasteiger partial charge in [-0.1, -0.05) is 13.0 Å². The predicted molar refractivity (Wildman–Crippen MR) is 72.7 cm³/mol. The van der Waals surface area contributed by atoms with Crippen molar-refractivity contribution in [2.75, 3.05) is 18.8 Å². The third kappa shape index (κ3) is 2.67. The van der Waals surface area contributed by atoms with E-state index in [1.165, 1.54) is 4.31 Å². The van der Waals surface area contributed by atoms with Gasteiger partial charge in [-0.25, -0.2) is 8.42 Å². The van der Waals surface area contributed by atoms with Gasteiger partial charge in [0.25, 0.3) is 0 Å². The molecule has 0 spiro atoms. The van der Waals surface area contributed by atoms with E-state index < -0.39 is 10.0 Å². The van der Waals surface area contributed by atoms with Crippen molar-refractivity contribution >= 4 is 15.7 Å². The summed E-state index contributed by atoms with van der Waals surface area (Å²) in [5.41, 5.74) is 7.15. The standard InChI is InChI=1S/C13H20N2O2S/c1-3-15(9-11-5-6-11)18(16,17)13-7-4-10(2)8-12(13)14/h4,7-8,11H,3,5-6,9,14H2,1-2H3. The molecule has 0 atom stereocenters. The predicted octanol–water partition coefficient (Wildman–Crippen LogP) is 2.00. The molecule has 2 rings (SSSR count). The maximum atomic E-state index is 12.5. The quantitative estimate of drug-likeness (QED) is 0.831. The lowest BCUT2D eigenvalue weighted by Gasteiger charge is -2.21. The Morgan fingerprint density at radius 2 is 2.06 bits per heavy atom. The van der Waals surface area contributed by atoms with Crippen molar-refractivity contribution < 1.29 is 8.42 Å². The zero-order valence-corrected chi connectivity index (χ0v) is 11.7. The van der Waals surface area contributed by atoms with Gasteiger partial charge in [0.15, 0.2) is 0 Å². The number of aryl methyl sites for hydroxylation is 1. The summed E-state index contributed by atoms with van der Waals surface area (Å²) < 4.78 is 26.5. The number of sulfonamides is 1. The Hall–Kier alpha value is -1.07. The van der Waals surface area contributed by atoms with Gasteiger partial charge in [0.05, 0.1) is 5.69 Å². The molecule has 0 bridgehead atoms. The lowest BCUT2D eigenvalue weighted by molar-refractivity contribution is 0.412. The summed E-state index contributed by atoms with van der Waals surface area (Å²) in [6, 6.07) is 5.10. The zero-order valence-electron chi connectivity index (χ0n) is 10.9. The minimum absolute atomic E-state index is 0.232. The molecule has 18 heavy (non-hydrogen) atoms. The summed E-state index contributed by atoms with van der Waals surface area (Å²) >= 11 is 0. The molecule has 0 heterocycles. The monoisotopic (exact) mass is 268 g/mol. The summed E-state index contributed by atoms with van der Waals surface area (Å²) in [6.07, 6.45) is 2.27. The van der Waals surface area contributed by atoms with Crippen LogP contribution in [0.15, 0.2) is 23.1 Å². The van der Waals surface area contributed by atoms with Crippen LogP contribution in [-0.2, 0) is 10.0 Å². The van der Waals surface area contributed by atoms with Gasteiger partial charge >= 0.3 is 0 Å². The van der Waals surface area contributed by atoms with Gasteiger partial charge in [-0.3, -0.25) is 0 Å². The minimum atomic E-state index is -3.45. The van der Waals surface area contributed by atoms with Crippen LogP contribution in [0.2, 0.25) is 0 Å². The third-order valence-electron chi connectivity index (χ3n) is 3.29. The van der Waals surface area contributed by atoms with Crippen molar-refractivity contribution in [1.82, 2.24) is 4.31 Å². The Balaban J connectivity index is 2.32.